The zero-order chi connectivity index (χ0) is 12.3. The number of hydrogen-bond acceptors (Lipinski definition) is 2. The molecule has 0 fully saturated rings. The van der Waals surface area contributed by atoms with Crippen molar-refractivity contribution in [3.8, 4) is 0 Å². The van der Waals surface area contributed by atoms with E-state index in [0.717, 1.165) is 18.2 Å². The molecule has 0 saturated carbocycles. The third kappa shape index (κ3) is 4.95. The fourth-order valence-corrected chi connectivity index (χ4v) is 1.56. The maximum Gasteiger partial charge on any atom is 0.308 e. The van der Waals surface area contributed by atoms with Crippen molar-refractivity contribution < 1.29 is 35.5 Å². The number of aromatic nitrogens is 1. The van der Waals surface area contributed by atoms with Crippen LogP contribution in [0.4, 0.5) is 17.3 Å². The topological polar surface area (TPSA) is 79.8 Å². The highest BCUT2D eigenvalue weighted by molar-refractivity contribution is 5.51. The van der Waals surface area contributed by atoms with Crippen LogP contribution in [-0.2, 0) is 6.54 Å². The van der Waals surface area contributed by atoms with Crippen LogP contribution in [-0.4, -0.2) is 0 Å². The van der Waals surface area contributed by atoms with Gasteiger partial charge in [0.2, 0.25) is 0 Å². The molecule has 0 aliphatic carbocycles. The molecular formula is C13H18Cl2N4. The van der Waals surface area contributed by atoms with E-state index in [0.29, 0.717) is 5.69 Å². The summed E-state index contributed by atoms with van der Waals surface area (Å²) in [5.74, 6) is 1.66. The van der Waals surface area contributed by atoms with Crippen LogP contribution in [0.2, 0.25) is 0 Å². The SMILES string of the molecule is Cc1ccc(CNc2ccc(N)c([NH3+])[nH+]2)cc1.[Cl-].[Cl-]. The van der Waals surface area contributed by atoms with Crippen LogP contribution in [0.5, 0.6) is 0 Å². The zero-order valence-corrected chi connectivity index (χ0v) is 12.2. The Labute approximate surface area is 125 Å². The normalized spacial score (nSPS) is 9.16. The first-order chi connectivity index (χ1) is 8.15. The van der Waals surface area contributed by atoms with E-state index in [2.05, 4.69) is 47.2 Å². The van der Waals surface area contributed by atoms with E-state index >= 15 is 0 Å². The zero-order valence-electron chi connectivity index (χ0n) is 10.7. The molecule has 6 heteroatoms. The van der Waals surface area contributed by atoms with Crippen LogP contribution in [0.25, 0.3) is 0 Å². The molecule has 0 aliphatic rings. The van der Waals surface area contributed by atoms with Crippen molar-refractivity contribution in [2.75, 3.05) is 11.1 Å². The minimum atomic E-state index is 0. The molecule has 1 heterocycles. The molecular weight excluding hydrogens is 283 g/mol. The van der Waals surface area contributed by atoms with Crippen molar-refractivity contribution in [3.05, 3.63) is 47.5 Å². The molecule has 0 radical (unpaired) electrons. The minimum absolute atomic E-state index is 0. The van der Waals surface area contributed by atoms with E-state index in [1.807, 2.05) is 12.1 Å². The number of nitrogens with two attached hydrogens (primary N) is 1. The first kappa shape index (κ1) is 17.5. The summed E-state index contributed by atoms with van der Waals surface area (Å²) in [6.45, 7) is 2.86. The first-order valence-electron chi connectivity index (χ1n) is 5.58. The Kier molecular flexibility index (Phi) is 7.22. The lowest BCUT2D eigenvalue weighted by atomic mass is 10.1. The van der Waals surface area contributed by atoms with Gasteiger partial charge in [-0.15, -0.1) is 0 Å². The van der Waals surface area contributed by atoms with Gasteiger partial charge in [-0.05, 0) is 18.6 Å². The lowest BCUT2D eigenvalue weighted by molar-refractivity contribution is -0.465. The smallest absolute Gasteiger partial charge is 0.308 e. The Morgan fingerprint density at radius 3 is 2.32 bits per heavy atom. The average molecular weight is 301 g/mol. The summed E-state index contributed by atoms with van der Waals surface area (Å²) in [7, 11) is 0. The van der Waals surface area contributed by atoms with Gasteiger partial charge in [-0.3, -0.25) is 11.1 Å². The summed E-state index contributed by atoms with van der Waals surface area (Å²) in [4.78, 5) is 3.11. The van der Waals surface area contributed by atoms with Gasteiger partial charge < -0.3 is 30.5 Å². The average Bonchev–Trinajstić information content (AvgIpc) is 2.33. The number of aromatic amines is 1. The van der Waals surface area contributed by atoms with Gasteiger partial charge in [-0.2, -0.15) is 4.98 Å². The van der Waals surface area contributed by atoms with Crippen molar-refractivity contribution in [1.82, 2.24) is 0 Å². The van der Waals surface area contributed by atoms with Gasteiger partial charge >= 0.3 is 5.82 Å². The number of hydrogen-bond donors (Lipinski definition) is 3. The Balaban J connectivity index is 0.00000162. The number of pyridine rings is 1. The van der Waals surface area contributed by atoms with Gasteiger partial charge in [-0.25, -0.2) is 0 Å². The Bertz CT molecular complexity index is 515. The summed E-state index contributed by atoms with van der Waals surface area (Å²) < 4.78 is 0. The molecule has 0 atom stereocenters. The number of aryl methyl sites for hydroxylation is 1. The van der Waals surface area contributed by atoms with E-state index in [1.165, 1.54) is 11.1 Å². The van der Waals surface area contributed by atoms with E-state index in [1.54, 1.807) is 0 Å². The van der Waals surface area contributed by atoms with Crippen LogP contribution >= 0.6 is 0 Å². The minimum Gasteiger partial charge on any atom is -1.00 e. The third-order valence-electron chi connectivity index (χ3n) is 2.67. The molecule has 2 aromatic rings. The van der Waals surface area contributed by atoms with Crippen LogP contribution in [0.3, 0.4) is 0 Å². The molecule has 1 aromatic carbocycles. The molecule has 2 rings (SSSR count). The molecule has 104 valence electrons. The van der Waals surface area contributed by atoms with Crippen molar-refractivity contribution in [2.24, 2.45) is 0 Å². The number of nitrogen functional groups attached to an aromatic ring is 1. The second-order valence-corrected chi connectivity index (χ2v) is 4.15. The Morgan fingerprint density at radius 2 is 1.74 bits per heavy atom. The Morgan fingerprint density at radius 1 is 1.11 bits per heavy atom. The second kappa shape index (κ2) is 7.84. The van der Waals surface area contributed by atoms with Gasteiger partial charge in [0.05, 0.1) is 0 Å². The largest absolute Gasteiger partial charge is 1.00 e. The lowest BCUT2D eigenvalue weighted by Crippen LogP contribution is -3.00. The van der Waals surface area contributed by atoms with Gasteiger partial charge in [0.15, 0.2) is 0 Å². The molecule has 0 aliphatic heterocycles. The maximum atomic E-state index is 5.69. The predicted octanol–water partition coefficient (Wildman–Crippen LogP) is -5.12. The molecule has 0 amide bonds. The van der Waals surface area contributed by atoms with Crippen molar-refractivity contribution in [2.45, 2.75) is 13.5 Å². The Hall–Kier alpha value is -1.49. The van der Waals surface area contributed by atoms with Crippen molar-refractivity contribution in [3.63, 3.8) is 0 Å². The van der Waals surface area contributed by atoms with E-state index in [-0.39, 0.29) is 24.8 Å². The number of quaternary nitrogens is 1. The van der Waals surface area contributed by atoms with Gasteiger partial charge in [-0.1, -0.05) is 29.8 Å². The van der Waals surface area contributed by atoms with Crippen molar-refractivity contribution in [1.29, 1.82) is 0 Å². The summed E-state index contributed by atoms with van der Waals surface area (Å²) in [5.41, 5.74) is 12.7. The molecule has 1 aromatic heterocycles. The summed E-state index contributed by atoms with van der Waals surface area (Å²) >= 11 is 0. The molecule has 7 N–H and O–H groups in total. The van der Waals surface area contributed by atoms with E-state index in [4.69, 9.17) is 5.73 Å². The molecule has 0 spiro atoms. The van der Waals surface area contributed by atoms with Crippen LogP contribution < -0.4 is 46.6 Å². The van der Waals surface area contributed by atoms with Crippen LogP contribution in [0, 0.1) is 6.92 Å². The number of rotatable bonds is 3. The molecule has 19 heavy (non-hydrogen) atoms. The highest BCUT2D eigenvalue weighted by atomic mass is 35.5. The van der Waals surface area contributed by atoms with Gasteiger partial charge in [0, 0.05) is 6.07 Å². The lowest BCUT2D eigenvalue weighted by Gasteiger charge is -2.01. The number of benzene rings is 1. The number of anilines is 2. The molecule has 0 bridgehead atoms. The quantitative estimate of drug-likeness (QED) is 0.530. The fourth-order valence-electron chi connectivity index (χ4n) is 1.56. The van der Waals surface area contributed by atoms with Crippen LogP contribution in [0.15, 0.2) is 36.4 Å². The van der Waals surface area contributed by atoms with Crippen LogP contribution in [0.1, 0.15) is 11.1 Å². The first-order valence-corrected chi connectivity index (χ1v) is 5.58. The monoisotopic (exact) mass is 300 g/mol. The van der Waals surface area contributed by atoms with Gasteiger partial charge in [0.1, 0.15) is 12.2 Å². The number of H-pyrrole nitrogens is 1. The highest BCUT2D eigenvalue weighted by Gasteiger charge is 2.07. The highest BCUT2D eigenvalue weighted by Crippen LogP contribution is 2.10. The summed E-state index contributed by atoms with van der Waals surface area (Å²) in [6, 6.07) is 12.2. The third-order valence-corrected chi connectivity index (χ3v) is 2.67. The number of halogens is 2. The fraction of sp³-hybridized carbons (Fsp3) is 0.154. The van der Waals surface area contributed by atoms with E-state index < -0.39 is 0 Å². The van der Waals surface area contributed by atoms with Crippen molar-refractivity contribution >= 4 is 17.3 Å². The van der Waals surface area contributed by atoms with Gasteiger partial charge in [0.25, 0.3) is 5.82 Å². The molecule has 0 saturated heterocycles. The maximum absolute atomic E-state index is 5.69. The van der Waals surface area contributed by atoms with E-state index in [9.17, 15) is 0 Å². The molecule has 0 unspecified atom stereocenters. The predicted molar refractivity (Wildman–Crippen MR) is 68.5 cm³/mol. The summed E-state index contributed by atoms with van der Waals surface area (Å²) in [6.07, 6.45) is 0. The standard InChI is InChI=1S/C13H16N4.2ClH/c1-9-2-4-10(5-3-9)8-16-12-7-6-11(14)13(15)17-12;;/h2-7H,8,14H2,1H3,(H3,15,16,17);2*1H. The summed E-state index contributed by atoms with van der Waals surface area (Å²) in [5, 5.41) is 3.30. The molecule has 4 nitrogen and oxygen atoms in total. The second-order valence-electron chi connectivity index (χ2n) is 4.15. The number of nitrogens with one attached hydrogen (secondary N) is 2.